The molecule has 8 nitrogen and oxygen atoms in total. The molecule has 0 aromatic carbocycles. The highest BCUT2D eigenvalue weighted by Gasteiger charge is 2.34. The number of hydrogen-bond acceptors (Lipinski definition) is 6. The van der Waals surface area contributed by atoms with Crippen LogP contribution in [-0.4, -0.2) is 47.1 Å². The molecule has 1 amide bonds. The molecule has 0 N–H and O–H groups in total. The summed E-state index contributed by atoms with van der Waals surface area (Å²) in [7, 11) is 1.84. The maximum absolute atomic E-state index is 12.6. The van der Waals surface area contributed by atoms with E-state index < -0.39 is 0 Å². The van der Waals surface area contributed by atoms with E-state index in [1.165, 1.54) is 11.8 Å². The molecule has 1 aliphatic heterocycles. The Morgan fingerprint density at radius 2 is 2.12 bits per heavy atom. The van der Waals surface area contributed by atoms with E-state index in [-0.39, 0.29) is 11.2 Å². The van der Waals surface area contributed by atoms with Gasteiger partial charge in [0.1, 0.15) is 0 Å². The Bertz CT molecular complexity index is 931. The average molecular weight is 343 g/mol. The minimum Gasteiger partial charge on any atom is -0.308 e. The molecule has 0 radical (unpaired) electrons. The third kappa shape index (κ3) is 2.54. The van der Waals surface area contributed by atoms with Crippen LogP contribution in [-0.2, 0) is 11.8 Å². The van der Waals surface area contributed by atoms with Gasteiger partial charge in [-0.05, 0) is 26.3 Å². The van der Waals surface area contributed by atoms with Crippen LogP contribution in [0.3, 0.4) is 0 Å². The molecule has 0 spiro atoms. The standard InChI is InChI=1S/C15H17N7OS/c1-9-6-10(2)22-14(17-9)18-15(19-22)24-12-4-5-21(13(12)23)11-7-16-20(3)8-11/h6-8,12H,4-5H2,1-3H3. The Morgan fingerprint density at radius 1 is 1.29 bits per heavy atom. The summed E-state index contributed by atoms with van der Waals surface area (Å²) in [5.41, 5.74) is 2.72. The molecule has 1 atom stereocenters. The topological polar surface area (TPSA) is 81.2 Å². The minimum atomic E-state index is -0.177. The number of thioether (sulfide) groups is 1. The first kappa shape index (κ1) is 15.1. The van der Waals surface area contributed by atoms with Gasteiger partial charge in [0, 0.05) is 31.2 Å². The van der Waals surface area contributed by atoms with Gasteiger partial charge in [-0.3, -0.25) is 9.48 Å². The Hall–Kier alpha value is -2.42. The van der Waals surface area contributed by atoms with Gasteiger partial charge < -0.3 is 4.90 Å². The van der Waals surface area contributed by atoms with Crippen LogP contribution >= 0.6 is 11.8 Å². The maximum Gasteiger partial charge on any atom is 0.253 e. The first-order valence-electron chi connectivity index (χ1n) is 7.69. The molecule has 4 rings (SSSR count). The van der Waals surface area contributed by atoms with E-state index in [2.05, 4.69) is 20.2 Å². The fraction of sp³-hybridized carbons (Fsp3) is 0.400. The number of carbonyl (C=O) groups excluding carboxylic acids is 1. The highest BCUT2D eigenvalue weighted by Crippen LogP contribution is 2.31. The van der Waals surface area contributed by atoms with Gasteiger partial charge in [-0.25, -0.2) is 9.50 Å². The zero-order valence-corrected chi connectivity index (χ0v) is 14.5. The monoisotopic (exact) mass is 343 g/mol. The van der Waals surface area contributed by atoms with Gasteiger partial charge in [-0.2, -0.15) is 10.1 Å². The Kier molecular flexibility index (Phi) is 3.52. The predicted octanol–water partition coefficient (Wildman–Crippen LogP) is 1.37. The highest BCUT2D eigenvalue weighted by atomic mass is 32.2. The predicted molar refractivity (Wildman–Crippen MR) is 90.1 cm³/mol. The molecule has 124 valence electrons. The summed E-state index contributed by atoms with van der Waals surface area (Å²) < 4.78 is 3.41. The van der Waals surface area contributed by atoms with Crippen molar-refractivity contribution in [3.8, 4) is 0 Å². The first-order valence-corrected chi connectivity index (χ1v) is 8.57. The Morgan fingerprint density at radius 3 is 2.88 bits per heavy atom. The van der Waals surface area contributed by atoms with Gasteiger partial charge in [0.25, 0.3) is 5.78 Å². The number of hydrogen-bond donors (Lipinski definition) is 0. The van der Waals surface area contributed by atoms with E-state index >= 15 is 0 Å². The van der Waals surface area contributed by atoms with Crippen LogP contribution in [0, 0.1) is 13.8 Å². The van der Waals surface area contributed by atoms with Crippen LogP contribution in [0.15, 0.2) is 23.6 Å². The quantitative estimate of drug-likeness (QED) is 0.714. The van der Waals surface area contributed by atoms with Crippen molar-refractivity contribution in [1.29, 1.82) is 0 Å². The van der Waals surface area contributed by atoms with Gasteiger partial charge >= 0.3 is 0 Å². The van der Waals surface area contributed by atoms with Crippen molar-refractivity contribution in [2.24, 2.45) is 7.05 Å². The largest absolute Gasteiger partial charge is 0.308 e. The van der Waals surface area contributed by atoms with Crippen molar-refractivity contribution in [2.75, 3.05) is 11.4 Å². The Labute approximate surface area is 142 Å². The number of fused-ring (bicyclic) bond motifs is 1. The van der Waals surface area contributed by atoms with E-state index in [9.17, 15) is 4.79 Å². The number of nitrogens with zero attached hydrogens (tertiary/aromatic N) is 7. The average Bonchev–Trinajstić information content (AvgIpc) is 3.20. The molecule has 9 heteroatoms. The normalized spacial score (nSPS) is 18.0. The smallest absolute Gasteiger partial charge is 0.253 e. The summed E-state index contributed by atoms with van der Waals surface area (Å²) in [5.74, 6) is 0.650. The summed E-state index contributed by atoms with van der Waals surface area (Å²) in [4.78, 5) is 23.3. The molecule has 3 aromatic rings. The highest BCUT2D eigenvalue weighted by molar-refractivity contribution is 8.00. The second-order valence-electron chi connectivity index (χ2n) is 5.90. The van der Waals surface area contributed by atoms with E-state index in [1.54, 1.807) is 20.3 Å². The number of aromatic nitrogens is 6. The lowest BCUT2D eigenvalue weighted by Gasteiger charge is -2.13. The molecular weight excluding hydrogens is 326 g/mol. The lowest BCUT2D eigenvalue weighted by molar-refractivity contribution is -0.116. The minimum absolute atomic E-state index is 0.0766. The van der Waals surface area contributed by atoms with Gasteiger partial charge in [0.15, 0.2) is 0 Å². The van der Waals surface area contributed by atoms with Crippen molar-refractivity contribution in [3.63, 3.8) is 0 Å². The fourth-order valence-electron chi connectivity index (χ4n) is 2.89. The number of amides is 1. The summed E-state index contributed by atoms with van der Waals surface area (Å²) in [6.45, 7) is 4.59. The summed E-state index contributed by atoms with van der Waals surface area (Å²) in [6.07, 6.45) is 4.33. The zero-order chi connectivity index (χ0) is 16.8. The van der Waals surface area contributed by atoms with Gasteiger partial charge in [0.2, 0.25) is 11.1 Å². The van der Waals surface area contributed by atoms with Crippen LogP contribution in [0.1, 0.15) is 17.8 Å². The second-order valence-corrected chi connectivity index (χ2v) is 7.07. The number of carbonyl (C=O) groups is 1. The van der Waals surface area contributed by atoms with Crippen molar-refractivity contribution < 1.29 is 4.79 Å². The molecule has 3 aromatic heterocycles. The molecule has 1 saturated heterocycles. The molecule has 1 aliphatic rings. The van der Waals surface area contributed by atoms with Gasteiger partial charge in [0.05, 0.1) is 17.1 Å². The SMILES string of the molecule is Cc1cc(C)n2nc(SC3CCN(c4cnn(C)c4)C3=O)nc2n1. The molecular formula is C15H17N7OS. The van der Waals surface area contributed by atoms with Crippen molar-refractivity contribution in [1.82, 2.24) is 29.4 Å². The summed E-state index contributed by atoms with van der Waals surface area (Å²) >= 11 is 1.40. The molecule has 0 aliphatic carbocycles. The lowest BCUT2D eigenvalue weighted by Crippen LogP contribution is -2.27. The van der Waals surface area contributed by atoms with Crippen LogP contribution in [0.2, 0.25) is 0 Å². The van der Waals surface area contributed by atoms with E-state index in [0.29, 0.717) is 17.5 Å². The lowest BCUT2D eigenvalue weighted by atomic mass is 10.4. The fourth-order valence-corrected chi connectivity index (χ4v) is 3.86. The molecule has 1 unspecified atom stereocenters. The van der Waals surface area contributed by atoms with Crippen molar-refractivity contribution >= 4 is 29.1 Å². The van der Waals surface area contributed by atoms with Crippen molar-refractivity contribution in [2.45, 2.75) is 30.7 Å². The van der Waals surface area contributed by atoms with Crippen LogP contribution in [0.5, 0.6) is 0 Å². The molecule has 24 heavy (non-hydrogen) atoms. The summed E-state index contributed by atoms with van der Waals surface area (Å²) in [5, 5.41) is 9.01. The van der Waals surface area contributed by atoms with Gasteiger partial charge in [-0.1, -0.05) is 11.8 Å². The third-order valence-electron chi connectivity index (χ3n) is 4.01. The Balaban J connectivity index is 1.56. The molecule has 0 saturated carbocycles. The molecule has 0 bridgehead atoms. The molecule has 1 fully saturated rings. The first-order chi connectivity index (χ1) is 11.5. The number of aryl methyl sites for hydroxylation is 3. The third-order valence-corrected chi connectivity index (χ3v) is 5.11. The zero-order valence-electron chi connectivity index (χ0n) is 13.7. The number of anilines is 1. The maximum atomic E-state index is 12.6. The second kappa shape index (κ2) is 5.59. The van der Waals surface area contributed by atoms with E-state index in [4.69, 9.17) is 0 Å². The van der Waals surface area contributed by atoms with Crippen LogP contribution in [0.4, 0.5) is 5.69 Å². The van der Waals surface area contributed by atoms with E-state index in [0.717, 1.165) is 23.5 Å². The van der Waals surface area contributed by atoms with Crippen LogP contribution in [0.25, 0.3) is 5.78 Å². The van der Waals surface area contributed by atoms with Crippen LogP contribution < -0.4 is 4.90 Å². The van der Waals surface area contributed by atoms with Crippen molar-refractivity contribution in [3.05, 3.63) is 29.8 Å². The molecule has 4 heterocycles. The summed E-state index contributed by atoms with van der Waals surface area (Å²) in [6, 6.07) is 1.96. The number of rotatable bonds is 3. The van der Waals surface area contributed by atoms with Gasteiger partial charge in [-0.15, -0.1) is 5.10 Å². The van der Waals surface area contributed by atoms with E-state index in [1.807, 2.05) is 33.2 Å².